The second-order valence-electron chi connectivity index (χ2n) is 3.95. The predicted octanol–water partition coefficient (Wildman–Crippen LogP) is 1.61. The van der Waals surface area contributed by atoms with Gasteiger partial charge in [-0.3, -0.25) is 0 Å². The average molecular weight is 306 g/mol. The normalized spacial score (nSPS) is 11.8. The maximum Gasteiger partial charge on any atom is 0.282 e. The number of nitrogens with zero attached hydrogens (tertiary/aromatic N) is 3. The fourth-order valence-corrected chi connectivity index (χ4v) is 2.55. The molecular weight excluding hydrogens is 293 g/mol. The predicted molar refractivity (Wildman–Crippen MR) is 70.0 cm³/mol. The molecule has 0 bridgehead atoms. The van der Waals surface area contributed by atoms with Gasteiger partial charge in [0.2, 0.25) is 0 Å². The first-order valence-electron chi connectivity index (χ1n) is 5.27. The summed E-state index contributed by atoms with van der Waals surface area (Å²) in [6.45, 7) is -0.502. The van der Waals surface area contributed by atoms with Gasteiger partial charge in [-0.05, 0) is 23.8 Å². The van der Waals surface area contributed by atoms with E-state index < -0.39 is 16.0 Å². The van der Waals surface area contributed by atoms with E-state index >= 15 is 0 Å². The highest BCUT2D eigenvalue weighted by Crippen LogP contribution is 2.20. The maximum atomic E-state index is 13.1. The van der Waals surface area contributed by atoms with Crippen molar-refractivity contribution in [1.82, 2.24) is 8.61 Å². The summed E-state index contributed by atoms with van der Waals surface area (Å²) < 4.78 is 39.0. The van der Waals surface area contributed by atoms with Gasteiger partial charge in [-0.1, -0.05) is 11.6 Å². The molecule has 1 aromatic carbocycles. The summed E-state index contributed by atoms with van der Waals surface area (Å²) in [5, 5.41) is 8.95. The van der Waals surface area contributed by atoms with Crippen LogP contribution in [0, 0.1) is 17.1 Å². The van der Waals surface area contributed by atoms with Crippen LogP contribution in [-0.2, 0) is 16.8 Å². The zero-order valence-corrected chi connectivity index (χ0v) is 12.0. The molecule has 0 spiro atoms. The summed E-state index contributed by atoms with van der Waals surface area (Å²) in [5.74, 6) is -0.515. The lowest BCUT2D eigenvalue weighted by molar-refractivity contribution is 0.395. The highest BCUT2D eigenvalue weighted by Gasteiger charge is 2.25. The molecule has 0 N–H and O–H groups in total. The van der Waals surface area contributed by atoms with E-state index in [0.29, 0.717) is 5.56 Å². The molecule has 104 valence electrons. The Balaban J connectivity index is 3.10. The van der Waals surface area contributed by atoms with Gasteiger partial charge in [0.1, 0.15) is 12.4 Å². The molecule has 0 heterocycles. The lowest BCUT2D eigenvalue weighted by atomic mass is 10.2. The quantitative estimate of drug-likeness (QED) is 0.776. The second kappa shape index (κ2) is 6.30. The summed E-state index contributed by atoms with van der Waals surface area (Å²) in [6.07, 6.45) is 0. The molecule has 1 aromatic rings. The number of hydrogen-bond donors (Lipinski definition) is 0. The van der Waals surface area contributed by atoms with Gasteiger partial charge in [-0.25, -0.2) is 4.39 Å². The molecule has 0 saturated carbocycles. The van der Waals surface area contributed by atoms with Crippen LogP contribution in [0.5, 0.6) is 0 Å². The van der Waals surface area contributed by atoms with Crippen LogP contribution >= 0.6 is 11.6 Å². The maximum absolute atomic E-state index is 13.1. The van der Waals surface area contributed by atoms with E-state index in [-0.39, 0.29) is 18.1 Å². The molecule has 0 radical (unpaired) electrons. The highest BCUT2D eigenvalue weighted by atomic mass is 35.5. The Labute approximate surface area is 117 Å². The third kappa shape index (κ3) is 3.88. The van der Waals surface area contributed by atoms with Crippen molar-refractivity contribution in [3.63, 3.8) is 0 Å². The minimum Gasteiger partial charge on any atom is -0.207 e. The Kier molecular flexibility index (Phi) is 5.26. The van der Waals surface area contributed by atoms with Crippen LogP contribution in [-0.4, -0.2) is 37.7 Å². The highest BCUT2D eigenvalue weighted by molar-refractivity contribution is 7.86. The first-order valence-corrected chi connectivity index (χ1v) is 7.05. The van der Waals surface area contributed by atoms with Crippen LogP contribution in [0.2, 0.25) is 5.02 Å². The SMILES string of the molecule is CN(C)S(=O)(=O)N(CC#N)Cc1cc(F)ccc1Cl. The van der Waals surface area contributed by atoms with Crippen molar-refractivity contribution in [2.24, 2.45) is 0 Å². The summed E-state index contributed by atoms with van der Waals surface area (Å²) in [6, 6.07) is 5.44. The van der Waals surface area contributed by atoms with Gasteiger partial charge in [-0.2, -0.15) is 22.3 Å². The van der Waals surface area contributed by atoms with E-state index in [0.717, 1.165) is 14.7 Å². The summed E-state index contributed by atoms with van der Waals surface area (Å²) in [4.78, 5) is 0. The van der Waals surface area contributed by atoms with E-state index in [1.807, 2.05) is 0 Å². The molecule has 0 aliphatic heterocycles. The molecule has 0 saturated heterocycles. The molecule has 0 aromatic heterocycles. The van der Waals surface area contributed by atoms with Crippen LogP contribution in [0.1, 0.15) is 5.56 Å². The monoisotopic (exact) mass is 305 g/mol. The minimum atomic E-state index is -3.77. The second-order valence-corrected chi connectivity index (χ2v) is 6.50. The Morgan fingerprint density at radius 2 is 2.05 bits per heavy atom. The summed E-state index contributed by atoms with van der Waals surface area (Å²) in [5.41, 5.74) is 0.308. The first-order chi connectivity index (χ1) is 8.78. The van der Waals surface area contributed by atoms with E-state index in [9.17, 15) is 12.8 Å². The van der Waals surface area contributed by atoms with Gasteiger partial charge in [0, 0.05) is 25.7 Å². The number of benzene rings is 1. The van der Waals surface area contributed by atoms with E-state index in [1.165, 1.54) is 26.2 Å². The summed E-state index contributed by atoms with van der Waals surface area (Å²) >= 11 is 5.89. The van der Waals surface area contributed by atoms with E-state index in [1.54, 1.807) is 6.07 Å². The smallest absolute Gasteiger partial charge is 0.207 e. The zero-order chi connectivity index (χ0) is 14.6. The van der Waals surface area contributed by atoms with E-state index in [2.05, 4.69) is 0 Å². The third-order valence-corrected chi connectivity index (χ3v) is 4.59. The van der Waals surface area contributed by atoms with Crippen LogP contribution in [0.25, 0.3) is 0 Å². The lowest BCUT2D eigenvalue weighted by Gasteiger charge is -2.23. The van der Waals surface area contributed by atoms with Crippen molar-refractivity contribution in [3.8, 4) is 6.07 Å². The Morgan fingerprint density at radius 3 is 2.58 bits per heavy atom. The van der Waals surface area contributed by atoms with Crippen LogP contribution in [0.15, 0.2) is 18.2 Å². The third-order valence-electron chi connectivity index (χ3n) is 2.39. The van der Waals surface area contributed by atoms with E-state index in [4.69, 9.17) is 16.9 Å². The fourth-order valence-electron chi connectivity index (χ4n) is 1.38. The average Bonchev–Trinajstić information content (AvgIpc) is 2.32. The molecule has 0 atom stereocenters. The van der Waals surface area contributed by atoms with Crippen molar-refractivity contribution < 1.29 is 12.8 Å². The van der Waals surface area contributed by atoms with Gasteiger partial charge < -0.3 is 0 Å². The molecule has 1 rings (SSSR count). The van der Waals surface area contributed by atoms with Crippen LogP contribution in [0.3, 0.4) is 0 Å². The summed E-state index contributed by atoms with van der Waals surface area (Å²) in [7, 11) is -1.06. The first kappa shape index (κ1) is 15.9. The van der Waals surface area contributed by atoms with Crippen molar-refractivity contribution >= 4 is 21.8 Å². The largest absolute Gasteiger partial charge is 0.282 e. The molecular formula is C11H13ClFN3O2S. The van der Waals surface area contributed by atoms with Crippen molar-refractivity contribution in [3.05, 3.63) is 34.6 Å². The number of rotatable bonds is 5. The Bertz CT molecular complexity index is 598. The van der Waals surface area contributed by atoms with Gasteiger partial charge in [0.25, 0.3) is 10.2 Å². The van der Waals surface area contributed by atoms with Crippen LogP contribution < -0.4 is 0 Å². The number of nitriles is 1. The van der Waals surface area contributed by atoms with Crippen LogP contribution in [0.4, 0.5) is 4.39 Å². The number of halogens is 2. The Hall–Kier alpha value is -1.20. The van der Waals surface area contributed by atoms with Gasteiger partial charge in [0.15, 0.2) is 0 Å². The van der Waals surface area contributed by atoms with Crippen molar-refractivity contribution in [2.75, 3.05) is 20.6 Å². The van der Waals surface area contributed by atoms with Gasteiger partial charge >= 0.3 is 0 Å². The molecule has 0 unspecified atom stereocenters. The minimum absolute atomic E-state index is 0.162. The standard InChI is InChI=1S/C11H13ClFN3O2S/c1-15(2)19(17,18)16(6-5-14)8-9-7-10(13)3-4-11(9)12/h3-4,7H,6,8H2,1-2H3. The molecule has 19 heavy (non-hydrogen) atoms. The van der Waals surface area contributed by atoms with Gasteiger partial charge in [-0.15, -0.1) is 0 Å². The van der Waals surface area contributed by atoms with Crippen molar-refractivity contribution in [2.45, 2.75) is 6.54 Å². The molecule has 0 fully saturated rings. The van der Waals surface area contributed by atoms with Crippen molar-refractivity contribution in [1.29, 1.82) is 5.26 Å². The molecule has 0 amide bonds. The molecule has 8 heteroatoms. The lowest BCUT2D eigenvalue weighted by Crippen LogP contribution is -2.39. The zero-order valence-electron chi connectivity index (χ0n) is 10.5. The topological polar surface area (TPSA) is 64.4 Å². The molecule has 0 aliphatic carbocycles. The Morgan fingerprint density at radius 1 is 1.42 bits per heavy atom. The molecule has 5 nitrogen and oxygen atoms in total. The number of hydrogen-bond acceptors (Lipinski definition) is 3. The van der Waals surface area contributed by atoms with Gasteiger partial charge in [0.05, 0.1) is 6.07 Å². The molecule has 0 aliphatic rings. The fraction of sp³-hybridized carbons (Fsp3) is 0.364.